The van der Waals surface area contributed by atoms with Gasteiger partial charge in [-0.2, -0.15) is 0 Å². The van der Waals surface area contributed by atoms with Gasteiger partial charge in [-0.3, -0.25) is 14.9 Å². The molecule has 0 radical (unpaired) electrons. The van der Waals surface area contributed by atoms with E-state index in [9.17, 15) is 34.6 Å². The number of rotatable bonds is 20. The van der Waals surface area contributed by atoms with Gasteiger partial charge in [-0.1, -0.05) is 70.4 Å². The van der Waals surface area contributed by atoms with Gasteiger partial charge in [0.05, 0.1) is 11.0 Å². The average molecular weight is 584 g/mol. The monoisotopic (exact) mass is 583 g/mol. The summed E-state index contributed by atoms with van der Waals surface area (Å²) in [6, 6.07) is 2.64. The molecule has 1 saturated heterocycles. The summed E-state index contributed by atoms with van der Waals surface area (Å²) in [7, 11) is 0. The lowest BCUT2D eigenvalue weighted by molar-refractivity contribution is -0.385. The second kappa shape index (κ2) is 19.5. The Morgan fingerprint density at radius 3 is 2.17 bits per heavy atom. The molecular weight excluding hydrogens is 537 g/mol. The minimum atomic E-state index is -1.75. The number of ether oxygens (including phenoxy) is 3. The molecule has 0 saturated carbocycles. The lowest BCUT2D eigenvalue weighted by atomic mass is 9.99. The fourth-order valence-electron chi connectivity index (χ4n) is 4.56. The van der Waals surface area contributed by atoms with Crippen molar-refractivity contribution in [1.29, 1.82) is 0 Å². The fraction of sp³-hybridized carbons (Fsp3) is 0.700. The lowest BCUT2D eigenvalue weighted by Gasteiger charge is -2.39. The van der Waals surface area contributed by atoms with E-state index in [4.69, 9.17) is 14.2 Å². The van der Waals surface area contributed by atoms with Crippen LogP contribution in [0, 0.1) is 15.9 Å². The van der Waals surface area contributed by atoms with Crippen LogP contribution in [-0.4, -0.2) is 63.5 Å². The van der Waals surface area contributed by atoms with E-state index in [2.05, 4.69) is 19.1 Å². The number of hydrogen-bond acceptors (Lipinski definition) is 9. The Hall–Kier alpha value is -2.60. The first kappa shape index (κ1) is 34.6. The largest absolute Gasteiger partial charge is 0.463 e. The Bertz CT molecular complexity index is 945. The molecule has 1 aromatic carbocycles. The minimum absolute atomic E-state index is 0.195. The van der Waals surface area contributed by atoms with Crippen LogP contribution in [-0.2, 0) is 14.3 Å². The molecule has 1 aliphatic rings. The van der Waals surface area contributed by atoms with Gasteiger partial charge in [-0.05, 0) is 38.2 Å². The van der Waals surface area contributed by atoms with Crippen LogP contribution in [0.1, 0.15) is 96.8 Å². The maximum absolute atomic E-state index is 14.2. The van der Waals surface area contributed by atoms with Gasteiger partial charge in [0.1, 0.15) is 31.0 Å². The number of aliphatic hydroxyl groups is 3. The number of nitro groups is 1. The van der Waals surface area contributed by atoms with Crippen LogP contribution < -0.4 is 4.74 Å². The second-order valence-electron chi connectivity index (χ2n) is 10.5. The summed E-state index contributed by atoms with van der Waals surface area (Å²) in [5.74, 6) is -2.01. The number of non-ortho nitro benzene ring substituents is 1. The van der Waals surface area contributed by atoms with Crippen molar-refractivity contribution in [1.82, 2.24) is 0 Å². The maximum atomic E-state index is 14.2. The van der Waals surface area contributed by atoms with Crippen LogP contribution in [0.4, 0.5) is 10.1 Å². The second-order valence-corrected chi connectivity index (χ2v) is 10.5. The van der Waals surface area contributed by atoms with Gasteiger partial charge >= 0.3 is 5.97 Å². The van der Waals surface area contributed by atoms with E-state index in [0.717, 1.165) is 50.7 Å². The molecule has 10 nitrogen and oxygen atoms in total. The number of nitrogens with zero attached hydrogens (tertiary/aromatic N) is 1. The molecule has 0 amide bonds. The third-order valence-corrected chi connectivity index (χ3v) is 7.09. The van der Waals surface area contributed by atoms with Crippen molar-refractivity contribution >= 4 is 11.7 Å². The smallest absolute Gasteiger partial charge is 0.305 e. The number of halogens is 1. The number of nitro benzene ring substituents is 1. The van der Waals surface area contributed by atoms with Crippen molar-refractivity contribution in [2.45, 2.75) is 128 Å². The molecule has 1 fully saturated rings. The van der Waals surface area contributed by atoms with Gasteiger partial charge in [-0.15, -0.1) is 0 Å². The normalized spacial score (nSPS) is 22.6. The Kier molecular flexibility index (Phi) is 16.5. The van der Waals surface area contributed by atoms with Crippen molar-refractivity contribution in [2.75, 3.05) is 6.61 Å². The number of esters is 1. The van der Waals surface area contributed by atoms with Gasteiger partial charge in [0, 0.05) is 12.5 Å². The summed E-state index contributed by atoms with van der Waals surface area (Å²) in [6.07, 6.45) is 11.7. The number of benzene rings is 1. The van der Waals surface area contributed by atoms with Crippen LogP contribution in [0.15, 0.2) is 30.4 Å². The Morgan fingerprint density at radius 1 is 0.951 bits per heavy atom. The predicted octanol–water partition coefficient (Wildman–Crippen LogP) is 5.50. The quantitative estimate of drug-likeness (QED) is 0.0595. The highest BCUT2D eigenvalue weighted by Gasteiger charge is 2.45. The zero-order valence-electron chi connectivity index (χ0n) is 24.0. The Labute approximate surface area is 241 Å². The van der Waals surface area contributed by atoms with E-state index in [-0.39, 0.29) is 6.42 Å². The number of unbranched alkanes of at least 4 members (excludes halogenated alkanes) is 11. The molecule has 1 aromatic rings. The van der Waals surface area contributed by atoms with Crippen LogP contribution >= 0.6 is 0 Å². The van der Waals surface area contributed by atoms with Gasteiger partial charge in [0.2, 0.25) is 6.29 Å². The van der Waals surface area contributed by atoms with Crippen LogP contribution in [0.5, 0.6) is 5.75 Å². The maximum Gasteiger partial charge on any atom is 0.305 e. The van der Waals surface area contributed by atoms with Crippen molar-refractivity contribution < 1.29 is 43.6 Å². The predicted molar refractivity (Wildman–Crippen MR) is 151 cm³/mol. The van der Waals surface area contributed by atoms with Crippen LogP contribution in [0.25, 0.3) is 0 Å². The van der Waals surface area contributed by atoms with Crippen molar-refractivity contribution in [3.63, 3.8) is 0 Å². The highest BCUT2D eigenvalue weighted by atomic mass is 19.1. The molecule has 2 rings (SSSR count). The Balaban J connectivity index is 1.61. The molecule has 11 heteroatoms. The molecule has 3 N–H and O–H groups in total. The summed E-state index contributed by atoms with van der Waals surface area (Å²) >= 11 is 0. The van der Waals surface area contributed by atoms with Gasteiger partial charge in [0.15, 0.2) is 11.6 Å². The molecule has 0 aliphatic carbocycles. The van der Waals surface area contributed by atoms with Gasteiger partial charge < -0.3 is 29.5 Å². The van der Waals surface area contributed by atoms with Crippen molar-refractivity contribution in [2.24, 2.45) is 0 Å². The van der Waals surface area contributed by atoms with Crippen molar-refractivity contribution in [3.05, 3.63) is 46.3 Å². The molecule has 1 heterocycles. The highest BCUT2D eigenvalue weighted by Crippen LogP contribution is 2.28. The molecular formula is C30H46FNO9. The SMILES string of the molecule is CCCCCCCC/C=C\CCCCCCCC(=O)OC[C@H]1O[C@@H](Oc2ccc([N+](=O)[O-])cc2F)[C@H](O)[C@@H](O)[C@@H]1O. The Morgan fingerprint density at radius 2 is 1.56 bits per heavy atom. The molecule has 232 valence electrons. The summed E-state index contributed by atoms with van der Waals surface area (Å²) in [4.78, 5) is 22.2. The standard InChI is InChI=1S/C30H46FNO9/c1-2-3-4-5-6-7-8-9-10-11-12-13-14-15-16-17-26(33)39-21-25-27(34)28(35)29(36)30(41-25)40-24-19-18-22(32(37)38)20-23(24)31/h9-10,18-20,25,27-30,34-36H,2-8,11-17,21H2,1H3/b10-9-/t25-,27-,28+,29-,30-/m1/s1. The summed E-state index contributed by atoms with van der Waals surface area (Å²) in [5.41, 5.74) is -0.494. The number of hydrogen-bond donors (Lipinski definition) is 3. The first-order valence-electron chi connectivity index (χ1n) is 14.9. The number of aliphatic hydroxyl groups excluding tert-OH is 3. The van der Waals surface area contributed by atoms with E-state index in [1.165, 1.54) is 38.5 Å². The van der Waals surface area contributed by atoms with Crippen LogP contribution in [0.3, 0.4) is 0 Å². The van der Waals surface area contributed by atoms with Crippen LogP contribution in [0.2, 0.25) is 0 Å². The lowest BCUT2D eigenvalue weighted by Crippen LogP contribution is -2.60. The van der Waals surface area contributed by atoms with Gasteiger partial charge in [0.25, 0.3) is 5.69 Å². The van der Waals surface area contributed by atoms with E-state index in [1.54, 1.807) is 0 Å². The van der Waals surface area contributed by atoms with E-state index in [0.29, 0.717) is 12.5 Å². The van der Waals surface area contributed by atoms with E-state index < -0.39 is 65.5 Å². The number of carbonyl (C=O) groups excluding carboxylic acids is 1. The third-order valence-electron chi connectivity index (χ3n) is 7.09. The first-order chi connectivity index (χ1) is 19.7. The topological polar surface area (TPSA) is 149 Å². The molecule has 5 atom stereocenters. The van der Waals surface area contributed by atoms with Crippen molar-refractivity contribution in [3.8, 4) is 5.75 Å². The molecule has 0 unspecified atom stereocenters. The average Bonchev–Trinajstić information content (AvgIpc) is 2.95. The number of allylic oxidation sites excluding steroid dienone is 2. The highest BCUT2D eigenvalue weighted by molar-refractivity contribution is 5.69. The molecule has 0 bridgehead atoms. The zero-order chi connectivity index (χ0) is 30.0. The van der Waals surface area contributed by atoms with Gasteiger partial charge in [-0.25, -0.2) is 4.39 Å². The van der Waals surface area contributed by atoms with E-state index >= 15 is 0 Å². The zero-order valence-corrected chi connectivity index (χ0v) is 24.0. The molecule has 41 heavy (non-hydrogen) atoms. The molecule has 0 aromatic heterocycles. The third kappa shape index (κ3) is 12.8. The number of carbonyl (C=O) groups is 1. The molecule has 1 aliphatic heterocycles. The fourth-order valence-corrected chi connectivity index (χ4v) is 4.56. The van der Waals surface area contributed by atoms with E-state index in [1.807, 2.05) is 0 Å². The summed E-state index contributed by atoms with van der Waals surface area (Å²) < 4.78 is 30.1. The first-order valence-corrected chi connectivity index (χ1v) is 14.9. The minimum Gasteiger partial charge on any atom is -0.463 e. The molecule has 0 spiro atoms. The summed E-state index contributed by atoms with van der Waals surface area (Å²) in [6.45, 7) is 1.82. The summed E-state index contributed by atoms with van der Waals surface area (Å²) in [5, 5.41) is 41.4.